The topological polar surface area (TPSA) is 59.8 Å². The number of hydrogen-bond donors (Lipinski definition) is 1. The summed E-state index contributed by atoms with van der Waals surface area (Å²) in [7, 11) is 0. The smallest absolute Gasteiger partial charge is 0.230 e. The van der Waals surface area contributed by atoms with Crippen LogP contribution in [-0.4, -0.2) is 26.4 Å². The first-order chi connectivity index (χ1) is 17.2. The highest BCUT2D eigenvalue weighted by molar-refractivity contribution is 7.99. The van der Waals surface area contributed by atoms with Crippen molar-refractivity contribution >= 4 is 28.4 Å². The lowest BCUT2D eigenvalue weighted by atomic mass is 9.95. The Morgan fingerprint density at radius 3 is 2.54 bits per heavy atom. The zero-order chi connectivity index (χ0) is 24.0. The van der Waals surface area contributed by atoms with Gasteiger partial charge >= 0.3 is 0 Å². The second-order valence-electron chi connectivity index (χ2n) is 9.36. The Kier molecular flexibility index (Phi) is 7.48. The molecule has 1 amide bonds. The molecule has 5 nitrogen and oxygen atoms in total. The number of fused-ring (bicyclic) bond motifs is 1. The number of nitrogens with zero attached hydrogens (tertiary/aromatic N) is 3. The second-order valence-corrected chi connectivity index (χ2v) is 10.3. The number of aromatic nitrogens is 3. The van der Waals surface area contributed by atoms with Crippen molar-refractivity contribution in [2.75, 3.05) is 5.75 Å². The van der Waals surface area contributed by atoms with Gasteiger partial charge in [-0.15, -0.1) is 10.2 Å². The van der Waals surface area contributed by atoms with Crippen LogP contribution >= 0.6 is 11.8 Å². The highest BCUT2D eigenvalue weighted by atomic mass is 32.2. The highest BCUT2D eigenvalue weighted by Crippen LogP contribution is 2.34. The summed E-state index contributed by atoms with van der Waals surface area (Å²) >= 11 is 1.50. The maximum Gasteiger partial charge on any atom is 0.230 e. The Morgan fingerprint density at radius 2 is 1.71 bits per heavy atom. The lowest BCUT2D eigenvalue weighted by Crippen LogP contribution is -2.28. The van der Waals surface area contributed by atoms with Gasteiger partial charge in [-0.3, -0.25) is 4.79 Å². The molecule has 0 spiro atoms. The quantitative estimate of drug-likeness (QED) is 0.290. The molecular formula is C29H32N4OS. The molecule has 1 saturated carbocycles. The Labute approximate surface area is 211 Å². The summed E-state index contributed by atoms with van der Waals surface area (Å²) in [6.07, 6.45) is 6.78. The molecule has 35 heavy (non-hydrogen) atoms. The largest absolute Gasteiger partial charge is 0.349 e. The number of carbonyl (C=O) groups is 1. The number of rotatable bonds is 8. The van der Waals surface area contributed by atoms with Gasteiger partial charge in [-0.1, -0.05) is 104 Å². The van der Waals surface area contributed by atoms with Crippen LogP contribution < -0.4 is 5.32 Å². The molecule has 1 N–H and O–H groups in total. The predicted molar refractivity (Wildman–Crippen MR) is 143 cm³/mol. The van der Waals surface area contributed by atoms with E-state index >= 15 is 0 Å². The van der Waals surface area contributed by atoms with Gasteiger partial charge in [0, 0.05) is 12.5 Å². The molecule has 1 aliphatic carbocycles. The molecule has 6 heteroatoms. The van der Waals surface area contributed by atoms with E-state index in [0.717, 1.165) is 35.8 Å². The van der Waals surface area contributed by atoms with E-state index in [1.54, 1.807) is 0 Å². The average molecular weight is 485 g/mol. The minimum atomic E-state index is -0.0255. The summed E-state index contributed by atoms with van der Waals surface area (Å²) in [6.45, 7) is 2.02. The van der Waals surface area contributed by atoms with Gasteiger partial charge in [0.25, 0.3) is 0 Å². The van der Waals surface area contributed by atoms with Crippen molar-refractivity contribution in [2.24, 2.45) is 0 Å². The second kappa shape index (κ2) is 11.1. The number of benzene rings is 3. The average Bonchev–Trinajstić information content (AvgIpc) is 3.31. The van der Waals surface area contributed by atoms with Gasteiger partial charge in [0.15, 0.2) is 5.16 Å². The molecule has 1 unspecified atom stereocenters. The van der Waals surface area contributed by atoms with Crippen molar-refractivity contribution in [1.29, 1.82) is 0 Å². The molecule has 180 valence electrons. The van der Waals surface area contributed by atoms with E-state index < -0.39 is 0 Å². The van der Waals surface area contributed by atoms with Gasteiger partial charge in [-0.2, -0.15) is 0 Å². The molecule has 1 fully saturated rings. The summed E-state index contributed by atoms with van der Waals surface area (Å²) in [5.74, 6) is 1.34. The summed E-state index contributed by atoms with van der Waals surface area (Å²) in [5, 5.41) is 15.7. The van der Waals surface area contributed by atoms with Gasteiger partial charge in [0.1, 0.15) is 5.82 Å². The molecule has 1 atom stereocenters. The van der Waals surface area contributed by atoms with Crippen molar-refractivity contribution in [1.82, 2.24) is 20.1 Å². The van der Waals surface area contributed by atoms with Crippen LogP contribution in [0.5, 0.6) is 0 Å². The standard InChI is InChI=1S/C29H32N4OS/c1-21(22-11-4-2-5-12-22)30-28(34)20-35-29-32-31-27(33(29)25-16-6-3-7-17-25)19-24-15-10-14-23-13-8-9-18-26(23)24/h2,4-5,8-15,18,21,25H,3,6-7,16-17,19-20H2,1H3,(H,30,34). The normalized spacial score (nSPS) is 15.2. The zero-order valence-corrected chi connectivity index (χ0v) is 21.0. The van der Waals surface area contributed by atoms with Crippen LogP contribution in [0.2, 0.25) is 0 Å². The van der Waals surface area contributed by atoms with Crippen LogP contribution in [0.15, 0.2) is 78.0 Å². The molecule has 1 aromatic heterocycles. The number of hydrogen-bond acceptors (Lipinski definition) is 4. The van der Waals surface area contributed by atoms with E-state index in [1.165, 1.54) is 47.4 Å². The van der Waals surface area contributed by atoms with Crippen molar-refractivity contribution in [2.45, 2.75) is 62.7 Å². The monoisotopic (exact) mass is 484 g/mol. The fraction of sp³-hybridized carbons (Fsp3) is 0.345. The van der Waals surface area contributed by atoms with Gasteiger partial charge in [-0.25, -0.2) is 0 Å². The lowest BCUT2D eigenvalue weighted by molar-refractivity contribution is -0.119. The Hall–Kier alpha value is -3.12. The van der Waals surface area contributed by atoms with Gasteiger partial charge < -0.3 is 9.88 Å². The third-order valence-electron chi connectivity index (χ3n) is 6.91. The SMILES string of the molecule is CC(NC(=O)CSc1nnc(Cc2cccc3ccccc23)n1C1CCCCC1)c1ccccc1. The summed E-state index contributed by atoms with van der Waals surface area (Å²) in [6, 6.07) is 25.4. The van der Waals surface area contributed by atoms with Crippen LogP contribution in [0.1, 0.15) is 68.1 Å². The molecule has 0 saturated heterocycles. The van der Waals surface area contributed by atoms with Crippen LogP contribution in [0.4, 0.5) is 0 Å². The number of carbonyl (C=O) groups excluding carboxylic acids is 1. The Bertz CT molecular complexity index is 1280. The van der Waals surface area contributed by atoms with Gasteiger partial charge in [0.2, 0.25) is 5.91 Å². The van der Waals surface area contributed by atoms with Crippen molar-refractivity contribution in [3.63, 3.8) is 0 Å². The predicted octanol–water partition coefficient (Wildman–Crippen LogP) is 6.50. The van der Waals surface area contributed by atoms with Crippen molar-refractivity contribution < 1.29 is 4.79 Å². The number of thioether (sulfide) groups is 1. The number of nitrogens with one attached hydrogen (secondary N) is 1. The van der Waals surface area contributed by atoms with Crippen molar-refractivity contribution in [3.8, 4) is 0 Å². The number of amides is 1. The first-order valence-electron chi connectivity index (χ1n) is 12.6. The molecule has 4 aromatic rings. The molecule has 0 radical (unpaired) electrons. The first-order valence-corrected chi connectivity index (χ1v) is 13.5. The molecule has 5 rings (SSSR count). The summed E-state index contributed by atoms with van der Waals surface area (Å²) < 4.78 is 2.33. The van der Waals surface area contributed by atoms with Crippen LogP contribution in [-0.2, 0) is 11.2 Å². The van der Waals surface area contributed by atoms with E-state index in [-0.39, 0.29) is 11.9 Å². The Morgan fingerprint density at radius 1 is 0.971 bits per heavy atom. The van der Waals surface area contributed by atoms with Crippen molar-refractivity contribution in [3.05, 3.63) is 89.7 Å². The van der Waals surface area contributed by atoms with E-state index in [2.05, 4.69) is 62.5 Å². The minimum absolute atomic E-state index is 0.0140. The van der Waals surface area contributed by atoms with E-state index in [1.807, 2.05) is 37.3 Å². The van der Waals surface area contributed by atoms with E-state index in [0.29, 0.717) is 11.8 Å². The first kappa shape index (κ1) is 23.6. The maximum absolute atomic E-state index is 12.7. The van der Waals surface area contributed by atoms with Gasteiger partial charge in [-0.05, 0) is 41.7 Å². The van der Waals surface area contributed by atoms with E-state index in [9.17, 15) is 4.79 Å². The van der Waals surface area contributed by atoms with Crippen LogP contribution in [0.3, 0.4) is 0 Å². The molecular weight excluding hydrogens is 452 g/mol. The fourth-order valence-electron chi connectivity index (χ4n) is 5.09. The third kappa shape index (κ3) is 5.59. The summed E-state index contributed by atoms with van der Waals surface area (Å²) in [5.41, 5.74) is 2.37. The lowest BCUT2D eigenvalue weighted by Gasteiger charge is -2.25. The van der Waals surface area contributed by atoms with E-state index in [4.69, 9.17) is 0 Å². The van der Waals surface area contributed by atoms with Gasteiger partial charge in [0.05, 0.1) is 11.8 Å². The zero-order valence-electron chi connectivity index (χ0n) is 20.2. The molecule has 1 heterocycles. The Balaban J connectivity index is 1.34. The molecule has 1 aliphatic rings. The molecule has 0 bridgehead atoms. The molecule has 3 aromatic carbocycles. The van der Waals surface area contributed by atoms with Crippen LogP contribution in [0, 0.1) is 0 Å². The summed E-state index contributed by atoms with van der Waals surface area (Å²) in [4.78, 5) is 12.7. The van der Waals surface area contributed by atoms with Crippen LogP contribution in [0.25, 0.3) is 10.8 Å². The fourth-order valence-corrected chi connectivity index (χ4v) is 5.92. The highest BCUT2D eigenvalue weighted by Gasteiger charge is 2.24. The third-order valence-corrected chi connectivity index (χ3v) is 7.86. The molecule has 0 aliphatic heterocycles. The minimum Gasteiger partial charge on any atom is -0.349 e. The maximum atomic E-state index is 12.7.